The van der Waals surface area contributed by atoms with Crippen molar-refractivity contribution in [3.05, 3.63) is 27.8 Å². The van der Waals surface area contributed by atoms with Crippen LogP contribution in [0.1, 0.15) is 42.9 Å². The van der Waals surface area contributed by atoms with Crippen molar-refractivity contribution in [3.8, 4) is 5.75 Å². The molecule has 0 bridgehead atoms. The monoisotopic (exact) mass is 299 g/mol. The zero-order chi connectivity index (χ0) is 15.3. The van der Waals surface area contributed by atoms with Crippen molar-refractivity contribution in [2.75, 3.05) is 7.11 Å². The van der Waals surface area contributed by atoms with Crippen LogP contribution in [0.4, 0.5) is 0 Å². The lowest BCUT2D eigenvalue weighted by atomic mass is 9.95. The minimum absolute atomic E-state index is 0.160. The summed E-state index contributed by atoms with van der Waals surface area (Å²) < 4.78 is 5.43. The van der Waals surface area contributed by atoms with Gasteiger partial charge < -0.3 is 15.6 Å². The number of hydrogen-bond donors (Lipinski definition) is 2. The summed E-state index contributed by atoms with van der Waals surface area (Å²) >= 11 is 6.30. The van der Waals surface area contributed by atoms with Crippen LogP contribution in [0.2, 0.25) is 5.02 Å². The molecule has 1 rings (SSSR count). The fraction of sp³-hybridized carbons (Fsp3) is 0.625. The number of ether oxygens (including phenoxy) is 1. The Bertz CT molecular complexity index is 449. The summed E-state index contributed by atoms with van der Waals surface area (Å²) in [6, 6.07) is 1.79. The lowest BCUT2D eigenvalue weighted by molar-refractivity contribution is 0.130. The highest BCUT2D eigenvalue weighted by molar-refractivity contribution is 6.32. The number of rotatable bonds is 7. The molecule has 0 aromatic heterocycles. The van der Waals surface area contributed by atoms with Gasteiger partial charge >= 0.3 is 0 Å². The highest BCUT2D eigenvalue weighted by Crippen LogP contribution is 2.32. The molecule has 2 unspecified atom stereocenters. The molecule has 0 aliphatic carbocycles. The smallest absolute Gasteiger partial charge is 0.122 e. The number of hydrogen-bond acceptors (Lipinski definition) is 3. The Labute approximate surface area is 127 Å². The van der Waals surface area contributed by atoms with Gasteiger partial charge in [-0.05, 0) is 55.9 Å². The van der Waals surface area contributed by atoms with Gasteiger partial charge in [-0.25, -0.2) is 0 Å². The summed E-state index contributed by atoms with van der Waals surface area (Å²) in [4.78, 5) is 0. The average molecular weight is 300 g/mol. The van der Waals surface area contributed by atoms with E-state index in [0.717, 1.165) is 40.3 Å². The van der Waals surface area contributed by atoms with Crippen LogP contribution in [0.15, 0.2) is 6.07 Å². The summed E-state index contributed by atoms with van der Waals surface area (Å²) in [5.41, 5.74) is 9.04. The first kappa shape index (κ1) is 17.3. The second kappa shape index (κ2) is 7.87. The van der Waals surface area contributed by atoms with Crippen molar-refractivity contribution in [1.82, 2.24) is 0 Å². The fourth-order valence-corrected chi connectivity index (χ4v) is 2.65. The molecule has 2 atom stereocenters. The number of aliphatic hydroxyl groups is 1. The average Bonchev–Trinajstić information content (AvgIpc) is 2.43. The van der Waals surface area contributed by atoms with Crippen LogP contribution in [0.3, 0.4) is 0 Å². The molecule has 0 aliphatic heterocycles. The lowest BCUT2D eigenvalue weighted by Crippen LogP contribution is -2.34. The summed E-state index contributed by atoms with van der Waals surface area (Å²) in [6.45, 7) is 6.03. The van der Waals surface area contributed by atoms with Crippen LogP contribution in [-0.2, 0) is 6.42 Å². The molecule has 1 aromatic carbocycles. The normalized spacial score (nSPS) is 14.2. The SMILES string of the molecule is CCCC(N)C(O)CCc1c(OC)cc(C)c(Cl)c1C. The molecule has 3 nitrogen and oxygen atoms in total. The van der Waals surface area contributed by atoms with E-state index in [-0.39, 0.29) is 6.04 Å². The zero-order valence-corrected chi connectivity index (χ0v) is 13.6. The van der Waals surface area contributed by atoms with Crippen molar-refractivity contribution < 1.29 is 9.84 Å². The zero-order valence-electron chi connectivity index (χ0n) is 12.9. The Morgan fingerprint density at radius 1 is 1.35 bits per heavy atom. The number of nitrogens with two attached hydrogens (primary N) is 1. The first-order valence-corrected chi connectivity index (χ1v) is 7.56. The second-order valence-corrected chi connectivity index (χ2v) is 5.75. The molecular weight excluding hydrogens is 274 g/mol. The molecule has 0 aliphatic rings. The van der Waals surface area contributed by atoms with Crippen molar-refractivity contribution in [3.63, 3.8) is 0 Å². The van der Waals surface area contributed by atoms with E-state index in [2.05, 4.69) is 6.92 Å². The number of aryl methyl sites for hydroxylation is 1. The van der Waals surface area contributed by atoms with Gasteiger partial charge in [0, 0.05) is 11.1 Å². The van der Waals surface area contributed by atoms with E-state index in [9.17, 15) is 5.11 Å². The van der Waals surface area contributed by atoms with Gasteiger partial charge in [0.1, 0.15) is 5.75 Å². The van der Waals surface area contributed by atoms with Crippen LogP contribution >= 0.6 is 11.6 Å². The Morgan fingerprint density at radius 3 is 2.55 bits per heavy atom. The Morgan fingerprint density at radius 2 is 2.00 bits per heavy atom. The number of aliphatic hydroxyl groups excluding tert-OH is 1. The van der Waals surface area contributed by atoms with E-state index in [1.54, 1.807) is 7.11 Å². The minimum Gasteiger partial charge on any atom is -0.496 e. The van der Waals surface area contributed by atoms with Gasteiger partial charge in [-0.3, -0.25) is 0 Å². The minimum atomic E-state index is -0.487. The third-order valence-corrected chi connectivity index (χ3v) is 4.38. The molecule has 0 radical (unpaired) electrons. The molecule has 114 valence electrons. The third-order valence-electron chi connectivity index (χ3n) is 3.80. The molecule has 0 amide bonds. The molecule has 20 heavy (non-hydrogen) atoms. The highest BCUT2D eigenvalue weighted by Gasteiger charge is 2.17. The highest BCUT2D eigenvalue weighted by atomic mass is 35.5. The molecule has 1 aromatic rings. The van der Waals surface area contributed by atoms with E-state index in [0.29, 0.717) is 12.8 Å². The molecule has 0 fully saturated rings. The van der Waals surface area contributed by atoms with Crippen molar-refractivity contribution in [2.45, 2.75) is 58.6 Å². The fourth-order valence-electron chi connectivity index (χ4n) is 2.48. The van der Waals surface area contributed by atoms with Gasteiger partial charge in [0.25, 0.3) is 0 Å². The Hall–Kier alpha value is -0.770. The summed E-state index contributed by atoms with van der Waals surface area (Å²) in [6.07, 6.45) is 2.67. The number of methoxy groups -OCH3 is 1. The van der Waals surface area contributed by atoms with Crippen LogP contribution in [-0.4, -0.2) is 24.4 Å². The number of benzene rings is 1. The molecule has 4 heteroatoms. The maximum Gasteiger partial charge on any atom is 0.122 e. The van der Waals surface area contributed by atoms with Gasteiger partial charge in [-0.2, -0.15) is 0 Å². The predicted molar refractivity (Wildman–Crippen MR) is 84.7 cm³/mol. The standard InChI is InChI=1S/C16H26ClNO2/c1-5-6-13(18)14(19)8-7-12-11(3)16(17)10(2)9-15(12)20-4/h9,13-14,19H,5-8,18H2,1-4H3. The van der Waals surface area contributed by atoms with Crippen molar-refractivity contribution in [2.24, 2.45) is 5.73 Å². The van der Waals surface area contributed by atoms with Crippen molar-refractivity contribution in [1.29, 1.82) is 0 Å². The van der Waals surface area contributed by atoms with Gasteiger partial charge in [-0.15, -0.1) is 0 Å². The molecule has 3 N–H and O–H groups in total. The third kappa shape index (κ3) is 4.11. The first-order chi connectivity index (χ1) is 9.42. The summed E-state index contributed by atoms with van der Waals surface area (Å²) in [5, 5.41) is 10.9. The van der Waals surface area contributed by atoms with Gasteiger partial charge in [0.15, 0.2) is 0 Å². The lowest BCUT2D eigenvalue weighted by Gasteiger charge is -2.20. The number of halogens is 1. The van der Waals surface area contributed by atoms with Crippen LogP contribution in [0, 0.1) is 13.8 Å². The molecule has 0 saturated carbocycles. The van der Waals surface area contributed by atoms with Gasteiger partial charge in [0.2, 0.25) is 0 Å². The van der Waals surface area contributed by atoms with E-state index < -0.39 is 6.10 Å². The second-order valence-electron chi connectivity index (χ2n) is 5.37. The summed E-state index contributed by atoms with van der Waals surface area (Å²) in [5.74, 6) is 0.834. The topological polar surface area (TPSA) is 55.5 Å². The Balaban J connectivity index is 2.84. The maximum absolute atomic E-state index is 10.1. The van der Waals surface area contributed by atoms with Crippen LogP contribution < -0.4 is 10.5 Å². The van der Waals surface area contributed by atoms with E-state index in [4.69, 9.17) is 22.1 Å². The van der Waals surface area contributed by atoms with Crippen LogP contribution in [0.25, 0.3) is 0 Å². The first-order valence-electron chi connectivity index (χ1n) is 7.18. The van der Waals surface area contributed by atoms with Gasteiger partial charge in [0.05, 0.1) is 13.2 Å². The van der Waals surface area contributed by atoms with Gasteiger partial charge in [-0.1, -0.05) is 24.9 Å². The predicted octanol–water partition coefficient (Wildman–Crippen LogP) is 3.39. The summed E-state index contributed by atoms with van der Waals surface area (Å²) in [7, 11) is 1.66. The molecule has 0 spiro atoms. The van der Waals surface area contributed by atoms with E-state index in [1.807, 2.05) is 19.9 Å². The quantitative estimate of drug-likeness (QED) is 0.811. The largest absolute Gasteiger partial charge is 0.496 e. The molecule has 0 heterocycles. The molecular formula is C16H26ClNO2. The Kier molecular flexibility index (Phi) is 6.80. The maximum atomic E-state index is 10.1. The van der Waals surface area contributed by atoms with E-state index in [1.165, 1.54) is 0 Å². The van der Waals surface area contributed by atoms with E-state index >= 15 is 0 Å². The van der Waals surface area contributed by atoms with Crippen LogP contribution in [0.5, 0.6) is 5.75 Å². The van der Waals surface area contributed by atoms with Crippen molar-refractivity contribution >= 4 is 11.6 Å². The molecule has 0 saturated heterocycles.